The topological polar surface area (TPSA) is 74.8 Å². The molecule has 0 atom stereocenters. The van der Waals surface area contributed by atoms with Gasteiger partial charge in [-0.1, -0.05) is 6.07 Å². The van der Waals surface area contributed by atoms with Crippen molar-refractivity contribution in [3.05, 3.63) is 46.7 Å². The Hall–Kier alpha value is -2.54. The van der Waals surface area contributed by atoms with Gasteiger partial charge in [0, 0.05) is 32.3 Å². The number of anilines is 1. The summed E-state index contributed by atoms with van der Waals surface area (Å²) in [6.45, 7) is 3.32. The van der Waals surface area contributed by atoms with Crippen LogP contribution in [-0.4, -0.2) is 32.1 Å². The molecule has 0 fully saturated rings. The number of carbonyl (C=O) groups excluding carboxylic acids is 1. The largest absolute Gasteiger partial charge is 0.492 e. The fourth-order valence-electron chi connectivity index (χ4n) is 2.00. The first-order valence-electron chi connectivity index (χ1n) is 7.63. The molecule has 128 valence electrons. The second-order valence-electron chi connectivity index (χ2n) is 5.04. The van der Waals surface area contributed by atoms with Gasteiger partial charge < -0.3 is 20.7 Å². The van der Waals surface area contributed by atoms with Gasteiger partial charge in [0.2, 0.25) is 5.91 Å². The van der Waals surface area contributed by atoms with E-state index in [4.69, 9.17) is 4.74 Å². The molecule has 0 bridgehead atoms. The van der Waals surface area contributed by atoms with Crippen LogP contribution in [0.2, 0.25) is 0 Å². The Morgan fingerprint density at radius 2 is 2.17 bits per heavy atom. The fourth-order valence-corrected chi connectivity index (χ4v) is 2.67. The number of rotatable bonds is 7. The highest BCUT2D eigenvalue weighted by atomic mass is 32.1. The number of hydrogen-bond acceptors (Lipinski definition) is 4. The summed E-state index contributed by atoms with van der Waals surface area (Å²) in [6, 6.07) is 9.40. The predicted molar refractivity (Wildman–Crippen MR) is 98.8 cm³/mol. The zero-order chi connectivity index (χ0) is 17.2. The van der Waals surface area contributed by atoms with Crippen LogP contribution in [0.3, 0.4) is 0 Å². The molecule has 0 aliphatic rings. The average Bonchev–Trinajstić information content (AvgIpc) is 3.07. The van der Waals surface area contributed by atoms with E-state index in [9.17, 15) is 4.79 Å². The van der Waals surface area contributed by atoms with Crippen molar-refractivity contribution in [2.45, 2.75) is 13.5 Å². The molecule has 24 heavy (non-hydrogen) atoms. The number of nitrogens with one attached hydrogen (secondary N) is 3. The third-order valence-corrected chi connectivity index (χ3v) is 3.81. The molecule has 0 aliphatic heterocycles. The lowest BCUT2D eigenvalue weighted by Gasteiger charge is -2.12. The molecule has 6 nitrogen and oxygen atoms in total. The Morgan fingerprint density at radius 3 is 2.88 bits per heavy atom. The molecule has 0 radical (unpaired) electrons. The minimum absolute atomic E-state index is 0.102. The first kappa shape index (κ1) is 17.8. The molecule has 1 aromatic carbocycles. The minimum atomic E-state index is -0.102. The number of carbonyl (C=O) groups is 1. The summed E-state index contributed by atoms with van der Waals surface area (Å²) in [5.74, 6) is 1.34. The number of benzene rings is 1. The SMILES string of the molecule is CN=C(NCCOc1cccc(NC(C)=O)c1)NCc1ccsc1. The van der Waals surface area contributed by atoms with E-state index in [1.807, 2.05) is 18.2 Å². The second kappa shape index (κ2) is 9.57. The first-order chi connectivity index (χ1) is 11.7. The number of nitrogens with zero attached hydrogens (tertiary/aromatic N) is 1. The summed E-state index contributed by atoms with van der Waals surface area (Å²) in [5, 5.41) is 13.3. The molecule has 0 saturated carbocycles. The number of guanidine groups is 1. The summed E-state index contributed by atoms with van der Waals surface area (Å²) in [4.78, 5) is 15.2. The summed E-state index contributed by atoms with van der Waals surface area (Å²) < 4.78 is 5.68. The van der Waals surface area contributed by atoms with Crippen LogP contribution in [-0.2, 0) is 11.3 Å². The van der Waals surface area contributed by atoms with Crippen molar-refractivity contribution in [1.29, 1.82) is 0 Å². The molecule has 2 aromatic rings. The number of amides is 1. The van der Waals surface area contributed by atoms with E-state index < -0.39 is 0 Å². The van der Waals surface area contributed by atoms with Gasteiger partial charge in [0.15, 0.2) is 5.96 Å². The lowest BCUT2D eigenvalue weighted by Crippen LogP contribution is -2.38. The maximum absolute atomic E-state index is 11.1. The van der Waals surface area contributed by atoms with Crippen LogP contribution < -0.4 is 20.7 Å². The van der Waals surface area contributed by atoms with Gasteiger partial charge in [-0.2, -0.15) is 11.3 Å². The standard InChI is InChI=1S/C17H22N4O2S/c1-13(22)21-15-4-3-5-16(10-15)23-8-7-19-17(18-2)20-11-14-6-9-24-12-14/h3-6,9-10,12H,7-8,11H2,1-2H3,(H,21,22)(H2,18,19,20). The van der Waals surface area contributed by atoms with Crippen molar-refractivity contribution in [2.75, 3.05) is 25.5 Å². The molecular weight excluding hydrogens is 324 g/mol. The van der Waals surface area contributed by atoms with Crippen LogP contribution in [0.25, 0.3) is 0 Å². The lowest BCUT2D eigenvalue weighted by molar-refractivity contribution is -0.114. The van der Waals surface area contributed by atoms with Crippen LogP contribution in [0.1, 0.15) is 12.5 Å². The van der Waals surface area contributed by atoms with Crippen molar-refractivity contribution >= 4 is 28.9 Å². The van der Waals surface area contributed by atoms with Crippen LogP contribution in [0.4, 0.5) is 5.69 Å². The van der Waals surface area contributed by atoms with E-state index in [1.54, 1.807) is 24.5 Å². The Bertz CT molecular complexity index is 671. The van der Waals surface area contributed by atoms with Gasteiger partial charge in [-0.15, -0.1) is 0 Å². The van der Waals surface area contributed by atoms with E-state index in [1.165, 1.54) is 12.5 Å². The zero-order valence-corrected chi connectivity index (χ0v) is 14.7. The molecule has 3 N–H and O–H groups in total. The van der Waals surface area contributed by atoms with Gasteiger partial charge in [0.25, 0.3) is 0 Å². The molecule has 1 aromatic heterocycles. The van der Waals surface area contributed by atoms with Gasteiger partial charge >= 0.3 is 0 Å². The summed E-state index contributed by atoms with van der Waals surface area (Å²) in [7, 11) is 1.74. The third kappa shape index (κ3) is 6.29. The molecular formula is C17H22N4O2S. The average molecular weight is 346 g/mol. The molecule has 0 aliphatic carbocycles. The Balaban J connectivity index is 1.70. The van der Waals surface area contributed by atoms with Crippen LogP contribution in [0, 0.1) is 0 Å². The molecule has 1 amide bonds. The smallest absolute Gasteiger partial charge is 0.221 e. The lowest BCUT2D eigenvalue weighted by atomic mass is 10.3. The van der Waals surface area contributed by atoms with E-state index in [0.29, 0.717) is 18.9 Å². The first-order valence-corrected chi connectivity index (χ1v) is 8.57. The van der Waals surface area contributed by atoms with Gasteiger partial charge in [-0.05, 0) is 34.5 Å². The molecule has 0 spiro atoms. The number of thiophene rings is 1. The highest BCUT2D eigenvalue weighted by Crippen LogP contribution is 2.16. The van der Waals surface area contributed by atoms with E-state index in [-0.39, 0.29) is 5.91 Å². The monoisotopic (exact) mass is 346 g/mol. The fraction of sp³-hybridized carbons (Fsp3) is 0.294. The van der Waals surface area contributed by atoms with Gasteiger partial charge in [-0.3, -0.25) is 9.79 Å². The minimum Gasteiger partial charge on any atom is -0.492 e. The molecule has 0 saturated heterocycles. The quantitative estimate of drug-likeness (QED) is 0.409. The summed E-state index contributed by atoms with van der Waals surface area (Å²) >= 11 is 1.68. The Morgan fingerprint density at radius 1 is 1.29 bits per heavy atom. The van der Waals surface area contributed by atoms with Crippen molar-refractivity contribution in [2.24, 2.45) is 4.99 Å². The normalized spacial score (nSPS) is 11.0. The predicted octanol–water partition coefficient (Wildman–Crippen LogP) is 2.45. The van der Waals surface area contributed by atoms with Gasteiger partial charge in [-0.25, -0.2) is 0 Å². The van der Waals surface area contributed by atoms with Crippen molar-refractivity contribution in [3.8, 4) is 5.75 Å². The highest BCUT2D eigenvalue weighted by molar-refractivity contribution is 7.07. The molecule has 0 unspecified atom stereocenters. The maximum Gasteiger partial charge on any atom is 0.221 e. The second-order valence-corrected chi connectivity index (χ2v) is 5.82. The van der Waals surface area contributed by atoms with Crippen molar-refractivity contribution in [3.63, 3.8) is 0 Å². The Kier molecular flexibility index (Phi) is 7.10. The summed E-state index contributed by atoms with van der Waals surface area (Å²) in [6.07, 6.45) is 0. The van der Waals surface area contributed by atoms with E-state index in [2.05, 4.69) is 37.8 Å². The van der Waals surface area contributed by atoms with Gasteiger partial charge in [0.05, 0.1) is 6.54 Å². The van der Waals surface area contributed by atoms with Crippen LogP contribution >= 0.6 is 11.3 Å². The van der Waals surface area contributed by atoms with Gasteiger partial charge in [0.1, 0.15) is 12.4 Å². The van der Waals surface area contributed by atoms with Crippen LogP contribution in [0.15, 0.2) is 46.1 Å². The Labute approximate surface area is 146 Å². The number of ether oxygens (including phenoxy) is 1. The highest BCUT2D eigenvalue weighted by Gasteiger charge is 2.01. The summed E-state index contributed by atoms with van der Waals surface area (Å²) in [5.41, 5.74) is 1.95. The third-order valence-electron chi connectivity index (χ3n) is 3.08. The zero-order valence-electron chi connectivity index (χ0n) is 13.8. The molecule has 2 rings (SSSR count). The van der Waals surface area contributed by atoms with Crippen LogP contribution in [0.5, 0.6) is 5.75 Å². The van der Waals surface area contributed by atoms with Crippen molar-refractivity contribution in [1.82, 2.24) is 10.6 Å². The van der Waals surface area contributed by atoms with E-state index in [0.717, 1.165) is 18.2 Å². The maximum atomic E-state index is 11.1. The number of aliphatic imine (C=N–C) groups is 1. The van der Waals surface area contributed by atoms with E-state index >= 15 is 0 Å². The van der Waals surface area contributed by atoms with Crippen molar-refractivity contribution < 1.29 is 9.53 Å². The number of hydrogen-bond donors (Lipinski definition) is 3. The molecule has 7 heteroatoms. The molecule has 1 heterocycles.